The monoisotopic (exact) mass is 457 g/mol. The Kier molecular flexibility index (Phi) is 7.25. The van der Waals surface area contributed by atoms with Crippen LogP contribution in [0.15, 0.2) is 47.4 Å². The highest BCUT2D eigenvalue weighted by atomic mass is 32.2. The van der Waals surface area contributed by atoms with Crippen LogP contribution in [0.3, 0.4) is 0 Å². The number of sulfonamides is 1. The molecule has 172 valence electrons. The summed E-state index contributed by atoms with van der Waals surface area (Å²) in [4.78, 5) is 15.5. The smallest absolute Gasteiger partial charge is 0.255 e. The third-order valence-electron chi connectivity index (χ3n) is 6.19. The molecule has 2 fully saturated rings. The Balaban J connectivity index is 1.43. The Bertz CT molecular complexity index is 1040. The summed E-state index contributed by atoms with van der Waals surface area (Å²) in [5.74, 6) is -0.314. The SMILES string of the molecule is Cc1ccc(S(=O)(=O)N2CCOCC2)cc1C(=O)Nc1ccc(CCN2CCCC2)cc1. The van der Waals surface area contributed by atoms with Crippen molar-refractivity contribution in [3.05, 3.63) is 59.2 Å². The maximum Gasteiger partial charge on any atom is 0.255 e. The summed E-state index contributed by atoms with van der Waals surface area (Å²) in [5.41, 5.74) is 3.02. The Morgan fingerprint density at radius 2 is 1.69 bits per heavy atom. The van der Waals surface area contributed by atoms with Crippen molar-refractivity contribution < 1.29 is 17.9 Å². The molecule has 8 heteroatoms. The van der Waals surface area contributed by atoms with E-state index in [0.717, 1.165) is 18.5 Å². The lowest BCUT2D eigenvalue weighted by atomic mass is 10.1. The molecular formula is C24H31N3O4S. The first kappa shape index (κ1) is 22.9. The molecule has 2 aliphatic rings. The quantitative estimate of drug-likeness (QED) is 0.692. The minimum atomic E-state index is -3.66. The Labute approximate surface area is 190 Å². The first-order valence-electron chi connectivity index (χ1n) is 11.2. The van der Waals surface area contributed by atoms with Crippen molar-refractivity contribution in [3.8, 4) is 0 Å². The number of anilines is 1. The molecule has 2 heterocycles. The predicted molar refractivity (Wildman–Crippen MR) is 125 cm³/mol. The number of morpholine rings is 1. The van der Waals surface area contributed by atoms with Crippen LogP contribution in [0, 0.1) is 6.92 Å². The van der Waals surface area contributed by atoms with Crippen molar-refractivity contribution in [1.82, 2.24) is 9.21 Å². The number of ether oxygens (including phenoxy) is 1. The lowest BCUT2D eigenvalue weighted by Gasteiger charge is -2.26. The fourth-order valence-corrected chi connectivity index (χ4v) is 5.62. The van der Waals surface area contributed by atoms with Gasteiger partial charge < -0.3 is 15.0 Å². The molecule has 0 radical (unpaired) electrons. The molecule has 0 aliphatic carbocycles. The molecule has 2 aromatic carbocycles. The van der Waals surface area contributed by atoms with Crippen LogP contribution < -0.4 is 5.32 Å². The number of carbonyl (C=O) groups excluding carboxylic acids is 1. The maximum absolute atomic E-state index is 13.0. The zero-order valence-electron chi connectivity index (χ0n) is 18.5. The van der Waals surface area contributed by atoms with Gasteiger partial charge in [-0.25, -0.2) is 8.42 Å². The normalized spacial score (nSPS) is 18.0. The van der Waals surface area contributed by atoms with E-state index < -0.39 is 10.0 Å². The number of amides is 1. The molecule has 0 bridgehead atoms. The van der Waals surface area contributed by atoms with Gasteiger partial charge in [0.15, 0.2) is 0 Å². The topological polar surface area (TPSA) is 78.9 Å². The van der Waals surface area contributed by atoms with E-state index in [1.807, 2.05) is 31.2 Å². The van der Waals surface area contributed by atoms with Gasteiger partial charge in [-0.3, -0.25) is 4.79 Å². The number of nitrogens with zero attached hydrogens (tertiary/aromatic N) is 2. The molecule has 0 saturated carbocycles. The first-order valence-corrected chi connectivity index (χ1v) is 12.7. The third kappa shape index (κ3) is 5.38. The zero-order valence-corrected chi connectivity index (χ0v) is 19.4. The van der Waals surface area contributed by atoms with Crippen molar-refractivity contribution in [2.45, 2.75) is 31.1 Å². The Morgan fingerprint density at radius 3 is 2.38 bits per heavy atom. The van der Waals surface area contributed by atoms with Crippen molar-refractivity contribution in [1.29, 1.82) is 0 Å². The highest BCUT2D eigenvalue weighted by molar-refractivity contribution is 7.89. The van der Waals surface area contributed by atoms with E-state index >= 15 is 0 Å². The lowest BCUT2D eigenvalue weighted by molar-refractivity contribution is 0.0730. The molecule has 1 N–H and O–H groups in total. The van der Waals surface area contributed by atoms with Crippen LogP contribution in [0.1, 0.15) is 34.3 Å². The van der Waals surface area contributed by atoms with Crippen LogP contribution in [-0.2, 0) is 21.2 Å². The molecule has 0 atom stereocenters. The minimum Gasteiger partial charge on any atom is -0.379 e. The minimum absolute atomic E-state index is 0.132. The molecule has 0 unspecified atom stereocenters. The first-order chi connectivity index (χ1) is 15.4. The van der Waals surface area contributed by atoms with Gasteiger partial charge in [0.1, 0.15) is 0 Å². The fraction of sp³-hybridized carbons (Fsp3) is 0.458. The van der Waals surface area contributed by atoms with E-state index in [1.54, 1.807) is 12.1 Å². The van der Waals surface area contributed by atoms with Gasteiger partial charge in [-0.15, -0.1) is 0 Å². The van der Waals surface area contributed by atoms with Gasteiger partial charge in [0, 0.05) is 30.9 Å². The Hall–Kier alpha value is -2.26. The molecule has 2 aliphatic heterocycles. The van der Waals surface area contributed by atoms with Crippen LogP contribution in [0.4, 0.5) is 5.69 Å². The molecule has 2 aromatic rings. The summed E-state index contributed by atoms with van der Waals surface area (Å²) in [5, 5.41) is 2.90. The van der Waals surface area contributed by atoms with Gasteiger partial charge in [0.05, 0.1) is 18.1 Å². The largest absolute Gasteiger partial charge is 0.379 e. The summed E-state index contributed by atoms with van der Waals surface area (Å²) in [7, 11) is -3.66. The van der Waals surface area contributed by atoms with Gasteiger partial charge in [-0.1, -0.05) is 18.2 Å². The van der Waals surface area contributed by atoms with Crippen molar-refractivity contribution in [3.63, 3.8) is 0 Å². The summed E-state index contributed by atoms with van der Waals surface area (Å²) < 4.78 is 32.6. The Morgan fingerprint density at radius 1 is 1.00 bits per heavy atom. The van der Waals surface area contributed by atoms with Crippen LogP contribution in [0.5, 0.6) is 0 Å². The number of benzene rings is 2. The zero-order chi connectivity index (χ0) is 22.6. The van der Waals surface area contributed by atoms with Crippen LogP contribution in [-0.4, -0.2) is 69.5 Å². The van der Waals surface area contributed by atoms with Gasteiger partial charge in [-0.05, 0) is 74.7 Å². The summed E-state index contributed by atoms with van der Waals surface area (Å²) in [6, 6.07) is 12.6. The molecule has 0 aromatic heterocycles. The molecular weight excluding hydrogens is 426 g/mol. The molecule has 32 heavy (non-hydrogen) atoms. The number of rotatable bonds is 7. The standard InChI is InChI=1S/C24H31N3O4S/c1-19-4-9-22(32(29,30)27-14-16-31-17-15-27)18-23(19)24(28)25-21-7-5-20(6-8-21)10-13-26-11-2-3-12-26/h4-9,18H,2-3,10-17H2,1H3,(H,25,28). The second kappa shape index (κ2) is 10.1. The van der Waals surface area contributed by atoms with E-state index in [4.69, 9.17) is 4.74 Å². The molecule has 2 saturated heterocycles. The van der Waals surface area contributed by atoms with Crippen LogP contribution >= 0.6 is 0 Å². The highest BCUT2D eigenvalue weighted by Gasteiger charge is 2.27. The van der Waals surface area contributed by atoms with Crippen molar-refractivity contribution >= 4 is 21.6 Å². The average molecular weight is 458 g/mol. The lowest BCUT2D eigenvalue weighted by Crippen LogP contribution is -2.40. The number of nitrogens with one attached hydrogen (secondary N) is 1. The summed E-state index contributed by atoms with van der Waals surface area (Å²) in [6.07, 6.45) is 3.58. The number of carbonyl (C=O) groups is 1. The molecule has 1 amide bonds. The molecule has 0 spiro atoms. The van der Waals surface area contributed by atoms with Crippen molar-refractivity contribution in [2.75, 3.05) is 51.3 Å². The number of aryl methyl sites for hydroxylation is 1. The summed E-state index contributed by atoms with van der Waals surface area (Å²) in [6.45, 7) is 6.65. The van der Waals surface area contributed by atoms with E-state index in [2.05, 4.69) is 10.2 Å². The second-order valence-corrected chi connectivity index (χ2v) is 10.4. The third-order valence-corrected chi connectivity index (χ3v) is 8.08. The number of likely N-dealkylation sites (tertiary alicyclic amines) is 1. The van der Waals surface area contributed by atoms with Gasteiger partial charge >= 0.3 is 0 Å². The van der Waals surface area contributed by atoms with Gasteiger partial charge in [0.25, 0.3) is 5.91 Å². The average Bonchev–Trinajstić information content (AvgIpc) is 3.33. The second-order valence-electron chi connectivity index (χ2n) is 8.44. The maximum atomic E-state index is 13.0. The van der Waals surface area contributed by atoms with Gasteiger partial charge in [0.2, 0.25) is 10.0 Å². The van der Waals surface area contributed by atoms with E-state index in [0.29, 0.717) is 37.6 Å². The van der Waals surface area contributed by atoms with E-state index in [1.165, 1.54) is 41.9 Å². The summed E-state index contributed by atoms with van der Waals surface area (Å²) >= 11 is 0. The van der Waals surface area contributed by atoms with E-state index in [-0.39, 0.29) is 10.8 Å². The van der Waals surface area contributed by atoms with Crippen LogP contribution in [0.2, 0.25) is 0 Å². The van der Waals surface area contributed by atoms with Gasteiger partial charge in [-0.2, -0.15) is 4.31 Å². The predicted octanol–water partition coefficient (Wildman–Crippen LogP) is 2.91. The van der Waals surface area contributed by atoms with E-state index in [9.17, 15) is 13.2 Å². The number of hydrogen-bond donors (Lipinski definition) is 1. The van der Waals surface area contributed by atoms with Crippen LogP contribution in [0.25, 0.3) is 0 Å². The fourth-order valence-electron chi connectivity index (χ4n) is 4.19. The molecule has 4 rings (SSSR count). The number of hydrogen-bond acceptors (Lipinski definition) is 5. The molecule has 7 nitrogen and oxygen atoms in total. The van der Waals surface area contributed by atoms with Crippen molar-refractivity contribution in [2.24, 2.45) is 0 Å². The highest BCUT2D eigenvalue weighted by Crippen LogP contribution is 2.22.